The Morgan fingerprint density at radius 3 is 2.36 bits per heavy atom. The second-order valence-corrected chi connectivity index (χ2v) is 13.1. The zero-order valence-electron chi connectivity index (χ0n) is 25.1. The Hall–Kier alpha value is -4.59. The molecule has 3 amide bonds. The smallest absolute Gasteiger partial charge is 0.338 e. The van der Waals surface area contributed by atoms with Crippen molar-refractivity contribution >= 4 is 69.8 Å². The summed E-state index contributed by atoms with van der Waals surface area (Å²) in [4.78, 5) is 69.4. The fourth-order valence-corrected chi connectivity index (χ4v) is 8.21. The molecule has 2 aliphatic heterocycles. The van der Waals surface area contributed by atoms with Crippen LogP contribution in [0, 0.1) is 5.92 Å². The predicted molar refractivity (Wildman–Crippen MR) is 178 cm³/mol. The van der Waals surface area contributed by atoms with E-state index in [0.717, 1.165) is 28.0 Å². The van der Waals surface area contributed by atoms with Gasteiger partial charge in [-0.1, -0.05) is 40.8 Å². The first kappa shape index (κ1) is 32.4. The number of amides is 3. The first-order chi connectivity index (χ1) is 22.7. The minimum absolute atomic E-state index is 0.218. The Balaban J connectivity index is 1.29. The number of nitrogens with one attached hydrogen (secondary N) is 2. The van der Waals surface area contributed by atoms with Crippen LogP contribution >= 0.6 is 34.7 Å². The molecule has 2 aliphatic rings. The number of hydrogen-bond donors (Lipinski definition) is 2. The number of ether oxygens (including phenoxy) is 3. The van der Waals surface area contributed by atoms with Gasteiger partial charge < -0.3 is 24.5 Å². The lowest BCUT2D eigenvalue weighted by Gasteiger charge is -2.30. The van der Waals surface area contributed by atoms with Gasteiger partial charge in [-0.05, 0) is 80.1 Å². The van der Waals surface area contributed by atoms with E-state index in [1.54, 1.807) is 68.4 Å². The van der Waals surface area contributed by atoms with E-state index in [4.69, 9.17) is 25.8 Å². The van der Waals surface area contributed by atoms with Gasteiger partial charge in [0.2, 0.25) is 11.8 Å². The van der Waals surface area contributed by atoms with Gasteiger partial charge in [0.1, 0.15) is 5.25 Å². The molecule has 0 bridgehead atoms. The van der Waals surface area contributed by atoms with Crippen molar-refractivity contribution in [2.45, 2.75) is 30.0 Å². The van der Waals surface area contributed by atoms with E-state index in [1.807, 2.05) is 0 Å². The maximum Gasteiger partial charge on any atom is 0.338 e. The summed E-state index contributed by atoms with van der Waals surface area (Å²) in [7, 11) is 0. The highest BCUT2D eigenvalue weighted by molar-refractivity contribution is 8.00. The van der Waals surface area contributed by atoms with Gasteiger partial charge in [0.25, 0.3) is 5.91 Å². The first-order valence-electron chi connectivity index (χ1n) is 14.7. The lowest BCUT2D eigenvalue weighted by atomic mass is 9.83. The van der Waals surface area contributed by atoms with Crippen molar-refractivity contribution in [1.29, 1.82) is 0 Å². The number of carbonyl (C=O) groups excluding carboxylic acids is 4. The van der Waals surface area contributed by atoms with Gasteiger partial charge in [-0.25, -0.2) is 9.69 Å². The van der Waals surface area contributed by atoms with E-state index in [0.29, 0.717) is 55.5 Å². The lowest BCUT2D eigenvalue weighted by molar-refractivity contribution is -0.122. The molecular formula is C33H28ClN3O8S2. The van der Waals surface area contributed by atoms with Crippen molar-refractivity contribution in [1.82, 2.24) is 4.98 Å². The Labute approximate surface area is 282 Å². The molecule has 3 aromatic carbocycles. The summed E-state index contributed by atoms with van der Waals surface area (Å²) >= 11 is 8.07. The van der Waals surface area contributed by atoms with Gasteiger partial charge in [-0.3, -0.25) is 19.2 Å². The number of hydrogen-bond acceptors (Lipinski definition) is 10. The fraction of sp³-hybridized carbons (Fsp3) is 0.242. The van der Waals surface area contributed by atoms with E-state index < -0.39 is 40.8 Å². The molecule has 14 heteroatoms. The number of benzene rings is 3. The molecule has 4 aromatic rings. The molecule has 1 aromatic heterocycles. The molecular weight excluding hydrogens is 666 g/mol. The van der Waals surface area contributed by atoms with Crippen LogP contribution in [-0.4, -0.2) is 53.7 Å². The molecule has 47 heavy (non-hydrogen) atoms. The van der Waals surface area contributed by atoms with E-state index in [9.17, 15) is 24.0 Å². The van der Waals surface area contributed by atoms with E-state index in [1.165, 1.54) is 12.1 Å². The van der Waals surface area contributed by atoms with Crippen LogP contribution in [-0.2, 0) is 19.1 Å². The van der Waals surface area contributed by atoms with Crippen LogP contribution in [0.1, 0.15) is 40.6 Å². The van der Waals surface area contributed by atoms with E-state index in [2.05, 4.69) is 10.3 Å². The molecule has 0 radical (unpaired) electrons. The van der Waals surface area contributed by atoms with Gasteiger partial charge in [0, 0.05) is 21.5 Å². The number of anilines is 2. The van der Waals surface area contributed by atoms with Crippen molar-refractivity contribution < 1.29 is 33.4 Å². The topological polar surface area (TPSA) is 144 Å². The van der Waals surface area contributed by atoms with Crippen molar-refractivity contribution in [3.63, 3.8) is 0 Å². The lowest BCUT2D eigenvalue weighted by Crippen LogP contribution is -2.32. The molecule has 11 nitrogen and oxygen atoms in total. The van der Waals surface area contributed by atoms with Gasteiger partial charge >= 0.3 is 10.8 Å². The summed E-state index contributed by atoms with van der Waals surface area (Å²) in [6.07, 6.45) is 0. The second-order valence-electron chi connectivity index (χ2n) is 10.5. The average molecular weight is 694 g/mol. The maximum atomic E-state index is 14.1. The quantitative estimate of drug-likeness (QED) is 0.163. The molecule has 2 unspecified atom stereocenters. The molecule has 1 saturated heterocycles. The molecule has 0 spiro atoms. The molecule has 6 rings (SSSR count). The van der Waals surface area contributed by atoms with E-state index in [-0.39, 0.29) is 18.1 Å². The van der Waals surface area contributed by atoms with Gasteiger partial charge in [-0.15, -0.1) is 0 Å². The van der Waals surface area contributed by atoms with Crippen molar-refractivity contribution in [3.8, 4) is 11.5 Å². The number of thioether (sulfide) groups is 1. The zero-order valence-corrected chi connectivity index (χ0v) is 27.5. The van der Waals surface area contributed by atoms with Crippen molar-refractivity contribution in [2.24, 2.45) is 5.92 Å². The normalized spacial score (nSPS) is 18.4. The van der Waals surface area contributed by atoms with Gasteiger partial charge in [-0.2, -0.15) is 0 Å². The van der Waals surface area contributed by atoms with Gasteiger partial charge in [0.15, 0.2) is 18.1 Å². The number of halogens is 1. The molecule has 1 fully saturated rings. The Morgan fingerprint density at radius 2 is 1.66 bits per heavy atom. The number of esters is 1. The number of aromatic nitrogens is 1. The Morgan fingerprint density at radius 1 is 0.915 bits per heavy atom. The number of fused-ring (bicyclic) bond motifs is 2. The molecule has 0 aliphatic carbocycles. The molecule has 242 valence electrons. The summed E-state index contributed by atoms with van der Waals surface area (Å²) in [5.74, 6) is -2.58. The standard InChI is InChI=1S/C33H28ClN3O8S2/c1-3-43-23-15-18(7-14-22(23)45-16-24(38)35-20-10-8-19(34)9-11-20)25-26-28(46-29-27(25)47-33(42)36-29)31(40)37(30(26)39)21-12-5-17(6-13-21)32(41)44-4-2/h5-15,25-26,28H,3-4,16H2,1-2H3,(H,35,38)(H,36,42)/t25-,26?,28?/m1/s1. The second kappa shape index (κ2) is 13.6. The predicted octanol–water partition coefficient (Wildman–Crippen LogP) is 5.48. The number of aromatic amines is 1. The van der Waals surface area contributed by atoms with Crippen LogP contribution in [0.5, 0.6) is 11.5 Å². The Bertz CT molecular complexity index is 1910. The van der Waals surface area contributed by atoms with Crippen LogP contribution in [0.4, 0.5) is 11.4 Å². The minimum Gasteiger partial charge on any atom is -0.490 e. The summed E-state index contributed by atoms with van der Waals surface area (Å²) < 4.78 is 16.7. The highest BCUT2D eigenvalue weighted by Gasteiger charge is 2.56. The summed E-state index contributed by atoms with van der Waals surface area (Å²) in [6.45, 7) is 3.72. The van der Waals surface area contributed by atoms with Crippen LogP contribution in [0.2, 0.25) is 5.02 Å². The highest BCUT2D eigenvalue weighted by atomic mass is 35.5. The average Bonchev–Trinajstić information content (AvgIpc) is 3.55. The molecule has 0 saturated carbocycles. The number of rotatable bonds is 10. The molecule has 3 atom stereocenters. The van der Waals surface area contributed by atoms with Crippen molar-refractivity contribution in [2.75, 3.05) is 30.0 Å². The van der Waals surface area contributed by atoms with Crippen LogP contribution in [0.15, 0.2) is 76.6 Å². The zero-order chi connectivity index (χ0) is 33.2. The largest absolute Gasteiger partial charge is 0.490 e. The monoisotopic (exact) mass is 693 g/mol. The number of carbonyl (C=O) groups is 4. The van der Waals surface area contributed by atoms with Crippen LogP contribution in [0.3, 0.4) is 0 Å². The number of nitrogens with zero attached hydrogens (tertiary/aromatic N) is 1. The molecule has 2 N–H and O–H groups in total. The first-order valence-corrected chi connectivity index (χ1v) is 16.8. The van der Waals surface area contributed by atoms with Crippen LogP contribution in [0.25, 0.3) is 0 Å². The number of H-pyrrole nitrogens is 1. The van der Waals surface area contributed by atoms with Gasteiger partial charge in [0.05, 0.1) is 35.4 Å². The third kappa shape index (κ3) is 6.51. The molecule has 3 heterocycles. The van der Waals surface area contributed by atoms with Crippen LogP contribution < -0.4 is 24.6 Å². The number of thiazole rings is 1. The third-order valence-corrected chi connectivity index (χ3v) is 10.2. The summed E-state index contributed by atoms with van der Waals surface area (Å²) in [5, 5.41) is 3.01. The van der Waals surface area contributed by atoms with E-state index >= 15 is 0 Å². The summed E-state index contributed by atoms with van der Waals surface area (Å²) in [6, 6.07) is 17.9. The summed E-state index contributed by atoms with van der Waals surface area (Å²) in [5.41, 5.74) is 1.83. The third-order valence-electron chi connectivity index (χ3n) is 7.57. The number of imide groups is 1. The fourth-order valence-electron chi connectivity index (χ4n) is 5.57. The maximum absolute atomic E-state index is 14.1. The highest BCUT2D eigenvalue weighted by Crippen LogP contribution is 2.53. The SMILES string of the molecule is CCOC(=O)c1ccc(N2C(=O)C3Sc4[nH]c(=O)sc4[C@H](c4ccc(OCC(=O)Nc5ccc(Cl)cc5)c(OCC)c4)C3C2=O)cc1. The Kier molecular flexibility index (Phi) is 9.39. The van der Waals surface area contributed by atoms with Crippen molar-refractivity contribution in [3.05, 3.63) is 97.4 Å². The minimum atomic E-state index is -0.831.